The summed E-state index contributed by atoms with van der Waals surface area (Å²) in [6.07, 6.45) is 0.294. The van der Waals surface area contributed by atoms with Crippen LogP contribution in [0.2, 0.25) is 0 Å². The minimum absolute atomic E-state index is 0.290. The molecule has 4 nitrogen and oxygen atoms in total. The third kappa shape index (κ3) is 3.20. The summed E-state index contributed by atoms with van der Waals surface area (Å²) in [7, 11) is -2.06. The first-order valence-corrected chi connectivity index (χ1v) is 8.19. The molecule has 0 radical (unpaired) electrons. The molecule has 5 heteroatoms. The number of hydrogen-bond acceptors (Lipinski definition) is 3. The molecule has 110 valence electrons. The Bertz CT molecular complexity index is 617. The summed E-state index contributed by atoms with van der Waals surface area (Å²) in [5.41, 5.74) is 3.12. The highest BCUT2D eigenvalue weighted by atomic mass is 32.2. The first-order valence-electron chi connectivity index (χ1n) is 6.69. The maximum Gasteiger partial charge on any atom is 0.230 e. The van der Waals surface area contributed by atoms with Gasteiger partial charge in [-0.15, -0.1) is 0 Å². The minimum atomic E-state index is -3.61. The molecule has 1 aromatic rings. The summed E-state index contributed by atoms with van der Waals surface area (Å²) in [5, 5.41) is 8.02. The monoisotopic (exact) mass is 294 g/mol. The molecule has 0 bridgehead atoms. The van der Waals surface area contributed by atoms with Crippen molar-refractivity contribution in [2.45, 2.75) is 45.4 Å². The number of rotatable bonds is 5. The van der Waals surface area contributed by atoms with Crippen LogP contribution in [0.3, 0.4) is 0 Å². The van der Waals surface area contributed by atoms with E-state index in [2.05, 4.69) is 0 Å². The molecule has 0 aromatic heterocycles. The highest BCUT2D eigenvalue weighted by molar-refractivity contribution is 7.90. The fraction of sp³-hybridized carbons (Fsp3) is 0.533. The van der Waals surface area contributed by atoms with Crippen LogP contribution < -0.4 is 0 Å². The Morgan fingerprint density at radius 1 is 1.35 bits per heavy atom. The lowest BCUT2D eigenvalue weighted by Gasteiger charge is -2.27. The van der Waals surface area contributed by atoms with Gasteiger partial charge in [0, 0.05) is 13.1 Å². The lowest BCUT2D eigenvalue weighted by molar-refractivity contribution is 0.393. The first kappa shape index (κ1) is 16.7. The van der Waals surface area contributed by atoms with Gasteiger partial charge in [0.15, 0.2) is 5.25 Å². The fourth-order valence-corrected chi connectivity index (χ4v) is 3.71. The fourth-order valence-electron chi connectivity index (χ4n) is 2.20. The predicted molar refractivity (Wildman–Crippen MR) is 80.7 cm³/mol. The van der Waals surface area contributed by atoms with E-state index in [1.54, 1.807) is 14.0 Å². The average molecular weight is 294 g/mol. The van der Waals surface area contributed by atoms with Crippen LogP contribution in [0.1, 0.15) is 43.0 Å². The summed E-state index contributed by atoms with van der Waals surface area (Å²) < 4.78 is 26.1. The number of nitrogens with zero attached hydrogens (tertiary/aromatic N) is 2. The van der Waals surface area contributed by atoms with Crippen LogP contribution in [0.15, 0.2) is 18.2 Å². The van der Waals surface area contributed by atoms with Gasteiger partial charge in [-0.1, -0.05) is 30.7 Å². The maximum atomic E-state index is 12.4. The van der Waals surface area contributed by atoms with Gasteiger partial charge in [-0.05, 0) is 38.3 Å². The summed E-state index contributed by atoms with van der Waals surface area (Å²) >= 11 is 0. The van der Waals surface area contributed by atoms with E-state index in [1.165, 1.54) is 4.31 Å². The Morgan fingerprint density at radius 3 is 2.45 bits per heavy atom. The van der Waals surface area contributed by atoms with E-state index in [9.17, 15) is 8.42 Å². The number of sulfonamides is 1. The van der Waals surface area contributed by atoms with E-state index in [-0.39, 0.29) is 6.04 Å². The molecule has 0 amide bonds. The van der Waals surface area contributed by atoms with Crippen molar-refractivity contribution in [1.82, 2.24) is 4.31 Å². The van der Waals surface area contributed by atoms with Gasteiger partial charge in [-0.3, -0.25) is 0 Å². The van der Waals surface area contributed by atoms with Crippen molar-refractivity contribution in [3.05, 3.63) is 34.9 Å². The number of hydrogen-bond donors (Lipinski definition) is 0. The van der Waals surface area contributed by atoms with Crippen LogP contribution >= 0.6 is 0 Å². The van der Waals surface area contributed by atoms with Crippen molar-refractivity contribution in [2.75, 3.05) is 7.05 Å². The average Bonchev–Trinajstić information content (AvgIpc) is 2.40. The molecular weight excluding hydrogens is 272 g/mol. The third-order valence-corrected chi connectivity index (χ3v) is 5.98. The normalized spacial score (nSPS) is 14.8. The van der Waals surface area contributed by atoms with E-state index < -0.39 is 15.3 Å². The minimum Gasteiger partial charge on any atom is -0.211 e. The van der Waals surface area contributed by atoms with E-state index in [4.69, 9.17) is 5.26 Å². The van der Waals surface area contributed by atoms with Crippen LogP contribution in [0.5, 0.6) is 0 Å². The van der Waals surface area contributed by atoms with Crippen molar-refractivity contribution < 1.29 is 8.42 Å². The van der Waals surface area contributed by atoms with Crippen LogP contribution in [-0.4, -0.2) is 25.0 Å². The van der Waals surface area contributed by atoms with Crippen LogP contribution in [0.4, 0.5) is 0 Å². The van der Waals surface area contributed by atoms with Crippen molar-refractivity contribution in [3.8, 4) is 6.07 Å². The van der Waals surface area contributed by atoms with Gasteiger partial charge >= 0.3 is 0 Å². The molecule has 0 saturated heterocycles. The molecule has 0 aliphatic rings. The number of benzene rings is 1. The summed E-state index contributed by atoms with van der Waals surface area (Å²) in [4.78, 5) is 0. The molecule has 1 rings (SSSR count). The molecule has 0 saturated carbocycles. The second-order valence-corrected chi connectivity index (χ2v) is 7.30. The maximum absolute atomic E-state index is 12.4. The Balaban J connectivity index is 3.18. The largest absolute Gasteiger partial charge is 0.230 e. The van der Waals surface area contributed by atoms with Gasteiger partial charge in [0.05, 0.1) is 6.07 Å². The molecule has 0 fully saturated rings. The van der Waals surface area contributed by atoms with Gasteiger partial charge < -0.3 is 0 Å². The molecule has 0 heterocycles. The van der Waals surface area contributed by atoms with Gasteiger partial charge in [0.2, 0.25) is 10.0 Å². The highest BCUT2D eigenvalue weighted by Gasteiger charge is 2.32. The molecule has 20 heavy (non-hydrogen) atoms. The van der Waals surface area contributed by atoms with Crippen LogP contribution in [0, 0.1) is 25.2 Å². The molecule has 0 N–H and O–H groups in total. The van der Waals surface area contributed by atoms with Gasteiger partial charge in [0.1, 0.15) is 0 Å². The van der Waals surface area contributed by atoms with Crippen molar-refractivity contribution in [1.29, 1.82) is 5.26 Å². The zero-order valence-electron chi connectivity index (χ0n) is 12.7. The Morgan fingerprint density at radius 2 is 1.95 bits per heavy atom. The van der Waals surface area contributed by atoms with Gasteiger partial charge in [-0.2, -0.15) is 9.57 Å². The van der Waals surface area contributed by atoms with Crippen molar-refractivity contribution in [2.24, 2.45) is 0 Å². The lowest BCUT2D eigenvalue weighted by atomic mass is 10.0. The van der Waals surface area contributed by atoms with Gasteiger partial charge in [-0.25, -0.2) is 8.42 Å². The molecule has 0 unspecified atom stereocenters. The lowest BCUT2D eigenvalue weighted by Crippen LogP contribution is -2.37. The Kier molecular flexibility index (Phi) is 5.32. The SMILES string of the molecule is CC[C@H](C#N)S(=O)(=O)N(C)[C@@H](C)c1cc(C)ccc1C. The van der Waals surface area contributed by atoms with Gasteiger partial charge in [0.25, 0.3) is 0 Å². The molecule has 0 aliphatic heterocycles. The van der Waals surface area contributed by atoms with Crippen molar-refractivity contribution >= 4 is 10.0 Å². The van der Waals surface area contributed by atoms with E-state index in [1.807, 2.05) is 45.0 Å². The van der Waals surface area contributed by atoms with E-state index in [0.29, 0.717) is 6.42 Å². The number of nitriles is 1. The Hall–Kier alpha value is -1.38. The molecule has 1 aromatic carbocycles. The van der Waals surface area contributed by atoms with Crippen LogP contribution in [0.25, 0.3) is 0 Å². The summed E-state index contributed by atoms with van der Waals surface area (Å²) in [6.45, 7) is 7.51. The standard InChI is InChI=1S/C15H22N2O2S/c1-6-14(10-16)20(18,19)17(5)13(4)15-9-11(2)7-8-12(15)3/h7-9,13-14H,6H2,1-5H3/t13-,14+/m0/s1. The molecule has 0 aliphatic carbocycles. The topological polar surface area (TPSA) is 61.2 Å². The number of aryl methyl sites for hydroxylation is 2. The molecule has 0 spiro atoms. The van der Waals surface area contributed by atoms with Crippen molar-refractivity contribution in [3.63, 3.8) is 0 Å². The Labute approximate surface area is 122 Å². The zero-order chi connectivity index (χ0) is 15.5. The van der Waals surface area contributed by atoms with E-state index in [0.717, 1.165) is 16.7 Å². The third-order valence-electron chi connectivity index (χ3n) is 3.71. The quantitative estimate of drug-likeness (QED) is 0.839. The second kappa shape index (κ2) is 6.38. The molecular formula is C15H22N2O2S. The first-order chi connectivity index (χ1) is 9.25. The summed E-state index contributed by atoms with van der Waals surface area (Å²) in [6, 6.07) is 7.58. The summed E-state index contributed by atoms with van der Waals surface area (Å²) in [5.74, 6) is 0. The zero-order valence-corrected chi connectivity index (χ0v) is 13.5. The van der Waals surface area contributed by atoms with Crippen LogP contribution in [-0.2, 0) is 10.0 Å². The predicted octanol–water partition coefficient (Wildman–Crippen LogP) is 2.93. The second-order valence-electron chi connectivity index (χ2n) is 5.12. The smallest absolute Gasteiger partial charge is 0.211 e. The molecule has 2 atom stereocenters. The highest BCUT2D eigenvalue weighted by Crippen LogP contribution is 2.27. The van der Waals surface area contributed by atoms with E-state index >= 15 is 0 Å².